The van der Waals surface area contributed by atoms with Gasteiger partial charge in [-0.3, -0.25) is 9.59 Å². The van der Waals surface area contributed by atoms with Gasteiger partial charge in [0, 0.05) is 39.3 Å². The number of anilines is 1. The van der Waals surface area contributed by atoms with Crippen LogP contribution in [-0.2, 0) is 24.3 Å². The molecule has 176 valence electrons. The topological polar surface area (TPSA) is 99.3 Å². The number of sulfonamides is 1. The summed E-state index contributed by atoms with van der Waals surface area (Å²) in [5.41, 5.74) is -1.04. The standard InChI is InChI=1S/C21H29FN4O5S/c1-15(2)32(29,30)26-13-16(21(14-26)20(28)23-7-12-31-21)19(27)25-10-8-24(9-11-25)18-6-4-3-5-17(18)22/h3-6,15-16H,7-14H2,1-2H3,(H,23,28). The number of para-hydroxylation sites is 1. The molecule has 11 heteroatoms. The van der Waals surface area contributed by atoms with Crippen molar-refractivity contribution in [1.82, 2.24) is 14.5 Å². The van der Waals surface area contributed by atoms with Crippen molar-refractivity contribution < 1.29 is 27.1 Å². The summed E-state index contributed by atoms with van der Waals surface area (Å²) < 4.78 is 46.8. The number of hydrogen-bond donors (Lipinski definition) is 1. The first kappa shape index (κ1) is 22.9. The number of amides is 2. The number of carbonyl (C=O) groups excluding carboxylic acids is 2. The zero-order chi connectivity index (χ0) is 23.1. The Hall–Kier alpha value is -2.24. The molecular formula is C21H29FN4O5S. The van der Waals surface area contributed by atoms with Gasteiger partial charge in [-0.25, -0.2) is 12.8 Å². The van der Waals surface area contributed by atoms with E-state index in [4.69, 9.17) is 4.74 Å². The minimum atomic E-state index is -3.67. The van der Waals surface area contributed by atoms with Crippen LogP contribution in [-0.4, -0.2) is 92.7 Å². The highest BCUT2D eigenvalue weighted by Crippen LogP contribution is 2.37. The van der Waals surface area contributed by atoms with Gasteiger partial charge < -0.3 is 19.9 Å². The molecule has 3 saturated heterocycles. The molecule has 3 aliphatic rings. The fourth-order valence-corrected chi connectivity index (χ4v) is 5.97. The number of rotatable bonds is 4. The Bertz CT molecular complexity index is 996. The first-order valence-electron chi connectivity index (χ1n) is 10.9. The first-order valence-corrected chi connectivity index (χ1v) is 12.4. The number of morpholine rings is 1. The Balaban J connectivity index is 1.53. The van der Waals surface area contributed by atoms with Crippen molar-refractivity contribution in [2.75, 3.05) is 57.3 Å². The van der Waals surface area contributed by atoms with Gasteiger partial charge in [0.05, 0.1) is 30.0 Å². The van der Waals surface area contributed by atoms with Crippen LogP contribution < -0.4 is 10.2 Å². The van der Waals surface area contributed by atoms with Crippen LogP contribution in [0.2, 0.25) is 0 Å². The number of halogens is 1. The van der Waals surface area contributed by atoms with E-state index in [0.29, 0.717) is 38.4 Å². The van der Waals surface area contributed by atoms with E-state index >= 15 is 0 Å². The lowest BCUT2D eigenvalue weighted by Crippen LogP contribution is -2.63. The fourth-order valence-electron chi connectivity index (χ4n) is 4.64. The van der Waals surface area contributed by atoms with Gasteiger partial charge in [-0.2, -0.15) is 4.31 Å². The second kappa shape index (κ2) is 8.60. The van der Waals surface area contributed by atoms with E-state index in [1.807, 2.05) is 4.90 Å². The summed E-state index contributed by atoms with van der Waals surface area (Å²) in [5, 5.41) is 2.06. The van der Waals surface area contributed by atoms with Gasteiger partial charge in [-0.1, -0.05) is 12.1 Å². The summed E-state index contributed by atoms with van der Waals surface area (Å²) in [6, 6.07) is 6.50. The van der Waals surface area contributed by atoms with E-state index in [9.17, 15) is 22.4 Å². The highest BCUT2D eigenvalue weighted by Gasteiger charge is 2.60. The van der Waals surface area contributed by atoms with Crippen molar-refractivity contribution in [3.63, 3.8) is 0 Å². The van der Waals surface area contributed by atoms with Crippen molar-refractivity contribution in [3.8, 4) is 0 Å². The predicted octanol–water partition coefficient (Wildman–Crippen LogP) is 0.0295. The van der Waals surface area contributed by atoms with Gasteiger partial charge in [0.25, 0.3) is 5.91 Å². The Morgan fingerprint density at radius 1 is 1.22 bits per heavy atom. The second-order valence-electron chi connectivity index (χ2n) is 8.70. The summed E-state index contributed by atoms with van der Waals surface area (Å²) in [7, 11) is -3.67. The van der Waals surface area contributed by atoms with E-state index in [-0.39, 0.29) is 31.4 Å². The van der Waals surface area contributed by atoms with Gasteiger partial charge in [0.15, 0.2) is 5.60 Å². The fraction of sp³-hybridized carbons (Fsp3) is 0.619. The van der Waals surface area contributed by atoms with Crippen LogP contribution in [0.3, 0.4) is 0 Å². The van der Waals surface area contributed by atoms with Gasteiger partial charge >= 0.3 is 0 Å². The molecule has 32 heavy (non-hydrogen) atoms. The van der Waals surface area contributed by atoms with E-state index in [2.05, 4.69) is 5.32 Å². The third-order valence-corrected chi connectivity index (χ3v) is 8.72. The smallest absolute Gasteiger partial charge is 0.254 e. The van der Waals surface area contributed by atoms with Crippen LogP contribution in [0.1, 0.15) is 13.8 Å². The van der Waals surface area contributed by atoms with Crippen LogP contribution >= 0.6 is 0 Å². The van der Waals surface area contributed by atoms with Gasteiger partial charge in [-0.05, 0) is 26.0 Å². The third kappa shape index (κ3) is 3.86. The zero-order valence-electron chi connectivity index (χ0n) is 18.3. The summed E-state index contributed by atoms with van der Waals surface area (Å²) in [4.78, 5) is 29.9. The summed E-state index contributed by atoms with van der Waals surface area (Å²) in [6.07, 6.45) is 0. The molecule has 2 unspecified atom stereocenters. The molecule has 0 aromatic heterocycles. The Morgan fingerprint density at radius 2 is 1.91 bits per heavy atom. The molecule has 1 aromatic carbocycles. The second-order valence-corrected chi connectivity index (χ2v) is 11.2. The van der Waals surface area contributed by atoms with Gasteiger partial charge in [0.1, 0.15) is 5.82 Å². The maximum Gasteiger partial charge on any atom is 0.254 e. The van der Waals surface area contributed by atoms with Gasteiger partial charge in [-0.15, -0.1) is 0 Å². The average Bonchev–Trinajstić information content (AvgIpc) is 3.17. The highest BCUT2D eigenvalue weighted by molar-refractivity contribution is 7.89. The lowest BCUT2D eigenvalue weighted by molar-refractivity contribution is -0.166. The number of ether oxygens (including phenoxy) is 1. The van der Waals surface area contributed by atoms with Gasteiger partial charge in [0.2, 0.25) is 15.9 Å². The number of piperazine rings is 1. The van der Waals surface area contributed by atoms with Crippen molar-refractivity contribution in [2.45, 2.75) is 24.7 Å². The van der Waals surface area contributed by atoms with E-state index in [1.165, 1.54) is 10.4 Å². The van der Waals surface area contributed by atoms with E-state index < -0.39 is 32.7 Å². The molecule has 4 rings (SSSR count). The molecule has 0 bridgehead atoms. The number of nitrogens with zero attached hydrogens (tertiary/aromatic N) is 3. The molecule has 2 atom stereocenters. The van der Waals surface area contributed by atoms with Crippen molar-refractivity contribution in [2.24, 2.45) is 5.92 Å². The molecule has 1 N–H and O–H groups in total. The van der Waals surface area contributed by atoms with Crippen LogP contribution in [0, 0.1) is 11.7 Å². The maximum atomic E-state index is 14.1. The zero-order valence-corrected chi connectivity index (χ0v) is 19.1. The lowest BCUT2D eigenvalue weighted by Gasteiger charge is -2.41. The quantitative estimate of drug-likeness (QED) is 0.670. The number of carbonyl (C=O) groups is 2. The van der Waals surface area contributed by atoms with E-state index in [1.54, 1.807) is 36.9 Å². The van der Waals surface area contributed by atoms with Crippen molar-refractivity contribution in [1.29, 1.82) is 0 Å². The molecule has 2 amide bonds. The first-order chi connectivity index (χ1) is 15.2. The molecule has 3 fully saturated rings. The van der Waals surface area contributed by atoms with E-state index in [0.717, 1.165) is 0 Å². The molecular weight excluding hydrogens is 439 g/mol. The molecule has 9 nitrogen and oxygen atoms in total. The average molecular weight is 469 g/mol. The van der Waals surface area contributed by atoms with Crippen LogP contribution in [0.15, 0.2) is 24.3 Å². The van der Waals surface area contributed by atoms with Crippen LogP contribution in [0.4, 0.5) is 10.1 Å². The monoisotopic (exact) mass is 468 g/mol. The maximum absolute atomic E-state index is 14.1. The molecule has 0 aliphatic carbocycles. The SMILES string of the molecule is CC(C)S(=O)(=O)N1CC(C(=O)N2CCN(c3ccccc3F)CC2)C2(C1)OCCNC2=O. The molecule has 1 aromatic rings. The molecule has 3 heterocycles. The highest BCUT2D eigenvalue weighted by atomic mass is 32.2. The minimum Gasteiger partial charge on any atom is -0.366 e. The lowest BCUT2D eigenvalue weighted by atomic mass is 9.87. The number of benzene rings is 1. The third-order valence-electron chi connectivity index (χ3n) is 6.53. The number of nitrogens with one attached hydrogen (secondary N) is 1. The molecule has 1 spiro atoms. The van der Waals surface area contributed by atoms with Crippen molar-refractivity contribution in [3.05, 3.63) is 30.1 Å². The molecule has 0 radical (unpaired) electrons. The normalized spacial score (nSPS) is 27.2. The van der Waals surface area contributed by atoms with Crippen LogP contribution in [0.25, 0.3) is 0 Å². The Kier molecular flexibility index (Phi) is 6.17. The minimum absolute atomic E-state index is 0.0969. The van der Waals surface area contributed by atoms with Crippen molar-refractivity contribution >= 4 is 27.5 Å². The largest absolute Gasteiger partial charge is 0.366 e. The predicted molar refractivity (Wildman–Crippen MR) is 116 cm³/mol. The summed E-state index contributed by atoms with van der Waals surface area (Å²) >= 11 is 0. The summed E-state index contributed by atoms with van der Waals surface area (Å²) in [5.74, 6) is -2.01. The number of hydrogen-bond acceptors (Lipinski definition) is 6. The Labute approximate surface area is 187 Å². The van der Waals surface area contributed by atoms with Crippen LogP contribution in [0.5, 0.6) is 0 Å². The Morgan fingerprint density at radius 3 is 2.53 bits per heavy atom. The molecule has 3 aliphatic heterocycles. The molecule has 0 saturated carbocycles. The summed E-state index contributed by atoms with van der Waals surface area (Å²) in [6.45, 7) is 4.97.